The van der Waals surface area contributed by atoms with Gasteiger partial charge in [0.1, 0.15) is 47.5 Å². The highest BCUT2D eigenvalue weighted by Crippen LogP contribution is 2.47. The Balaban J connectivity index is 1.34. The zero-order valence-corrected chi connectivity index (χ0v) is 26.3. The fourth-order valence-corrected chi connectivity index (χ4v) is 8.25. The molecular weight excluding hydrogens is 609 g/mol. The van der Waals surface area contributed by atoms with E-state index in [1.165, 1.54) is 13.2 Å². The highest BCUT2D eigenvalue weighted by Gasteiger charge is 2.49. The van der Waals surface area contributed by atoms with Gasteiger partial charge in [0.25, 0.3) is 0 Å². The molecule has 1 aromatic heterocycles. The summed E-state index contributed by atoms with van der Waals surface area (Å²) in [4.78, 5) is 13.7. The van der Waals surface area contributed by atoms with Crippen LogP contribution in [0.4, 0.5) is 19.0 Å². The van der Waals surface area contributed by atoms with E-state index in [-0.39, 0.29) is 48.2 Å². The Morgan fingerprint density at radius 2 is 1.96 bits per heavy atom. The van der Waals surface area contributed by atoms with Gasteiger partial charge in [-0.05, 0) is 73.9 Å². The number of nitrogens with zero attached hydrogens (tertiary/aromatic N) is 4. The van der Waals surface area contributed by atoms with Crippen LogP contribution in [0.1, 0.15) is 44.1 Å². The quantitative estimate of drug-likeness (QED) is 0.169. The number of benzene rings is 3. The second kappa shape index (κ2) is 11.5. The van der Waals surface area contributed by atoms with E-state index in [2.05, 4.69) is 15.8 Å². The number of halogens is 3. The van der Waals surface area contributed by atoms with Crippen LogP contribution >= 0.6 is 0 Å². The largest absolute Gasteiger partial charge is 0.487 e. The summed E-state index contributed by atoms with van der Waals surface area (Å²) in [6.07, 6.45) is 9.59. The molecule has 1 saturated carbocycles. The first-order chi connectivity index (χ1) is 22.8. The maximum absolute atomic E-state index is 17.2. The van der Waals surface area contributed by atoms with Crippen molar-refractivity contribution < 1.29 is 32.1 Å². The zero-order chi connectivity index (χ0) is 32.4. The van der Waals surface area contributed by atoms with Crippen LogP contribution in [0.15, 0.2) is 30.3 Å². The van der Waals surface area contributed by atoms with Crippen molar-refractivity contribution in [2.75, 3.05) is 45.5 Å². The first kappa shape index (κ1) is 30.1. The minimum absolute atomic E-state index is 0.00756. The molecule has 11 heteroatoms. The number of aromatic nitrogens is 2. The monoisotopic (exact) mass is 644 g/mol. The summed E-state index contributed by atoms with van der Waals surface area (Å²) < 4.78 is 70.6. The lowest BCUT2D eigenvalue weighted by atomic mass is 9.92. The molecule has 0 spiro atoms. The van der Waals surface area contributed by atoms with Crippen LogP contribution in [0.25, 0.3) is 32.8 Å². The molecule has 2 saturated heterocycles. The lowest BCUT2D eigenvalue weighted by Gasteiger charge is -2.31. The van der Waals surface area contributed by atoms with Gasteiger partial charge in [0, 0.05) is 38.1 Å². The molecule has 47 heavy (non-hydrogen) atoms. The standard InChI is InChI=1S/C36H35F3N4O4/c1-4-23-26(38)10-9-20-13-22(46-19-44-3)14-24(30(20)23)25-15-29-31-33(32(25)39)40-35(41-34(31)42(2)27-7-5-8-28(27)47-29)45-18-36-11-6-12-43(36)17-21(37)16-36/h1,9-10,13-15,21,27-28H,5-8,11-12,16-19H2,2-3H3/t21-,27-,28+,36+/m1/s1. The summed E-state index contributed by atoms with van der Waals surface area (Å²) in [5, 5.41) is 1.36. The van der Waals surface area contributed by atoms with Gasteiger partial charge in [-0.3, -0.25) is 4.90 Å². The highest BCUT2D eigenvalue weighted by atomic mass is 19.1. The van der Waals surface area contributed by atoms with Gasteiger partial charge in [-0.1, -0.05) is 12.0 Å². The van der Waals surface area contributed by atoms with E-state index >= 15 is 8.78 Å². The molecular formula is C36H35F3N4O4. The summed E-state index contributed by atoms with van der Waals surface area (Å²) in [7, 11) is 3.44. The van der Waals surface area contributed by atoms with Crippen molar-refractivity contribution in [1.82, 2.24) is 14.9 Å². The molecule has 0 amide bonds. The molecule has 3 aliphatic heterocycles. The topological polar surface area (TPSA) is 69.2 Å². The van der Waals surface area contributed by atoms with Crippen molar-refractivity contribution in [1.29, 1.82) is 0 Å². The second-order valence-corrected chi connectivity index (χ2v) is 13.1. The number of methoxy groups -OCH3 is 1. The Morgan fingerprint density at radius 1 is 1.09 bits per heavy atom. The van der Waals surface area contributed by atoms with E-state index in [4.69, 9.17) is 30.4 Å². The predicted molar refractivity (Wildman–Crippen MR) is 172 cm³/mol. The number of hydrogen-bond donors (Lipinski definition) is 0. The molecule has 0 unspecified atom stereocenters. The number of terminal acetylenes is 1. The lowest BCUT2D eigenvalue weighted by molar-refractivity contribution is 0.0512. The van der Waals surface area contributed by atoms with Crippen LogP contribution in [0.3, 0.4) is 0 Å². The first-order valence-corrected chi connectivity index (χ1v) is 16.1. The summed E-state index contributed by atoms with van der Waals surface area (Å²) in [6, 6.07) is 7.87. The average Bonchev–Trinajstić information content (AvgIpc) is 3.75. The Morgan fingerprint density at radius 3 is 2.79 bits per heavy atom. The summed E-state index contributed by atoms with van der Waals surface area (Å²) in [6.45, 7) is 1.36. The predicted octanol–water partition coefficient (Wildman–Crippen LogP) is 6.40. The molecule has 4 aromatic rings. The number of ether oxygens (including phenoxy) is 4. The van der Waals surface area contributed by atoms with Gasteiger partial charge >= 0.3 is 6.01 Å². The van der Waals surface area contributed by atoms with E-state index < -0.39 is 23.3 Å². The Labute approximate surface area is 270 Å². The minimum Gasteiger partial charge on any atom is -0.487 e. The van der Waals surface area contributed by atoms with Crippen LogP contribution in [0, 0.1) is 24.0 Å². The van der Waals surface area contributed by atoms with E-state index in [0.717, 1.165) is 38.6 Å². The van der Waals surface area contributed by atoms with Crippen molar-refractivity contribution in [2.24, 2.45) is 0 Å². The van der Waals surface area contributed by atoms with E-state index in [9.17, 15) is 4.39 Å². The van der Waals surface area contributed by atoms with Crippen LogP contribution < -0.4 is 19.1 Å². The molecule has 3 aromatic carbocycles. The molecule has 8 nitrogen and oxygen atoms in total. The van der Waals surface area contributed by atoms with Crippen LogP contribution in [-0.4, -0.2) is 79.4 Å². The fourth-order valence-electron chi connectivity index (χ4n) is 8.25. The van der Waals surface area contributed by atoms with Gasteiger partial charge < -0.3 is 23.8 Å². The van der Waals surface area contributed by atoms with Gasteiger partial charge in [0.15, 0.2) is 12.6 Å². The highest BCUT2D eigenvalue weighted by molar-refractivity contribution is 6.06. The van der Waals surface area contributed by atoms with Gasteiger partial charge in [-0.15, -0.1) is 6.42 Å². The molecule has 244 valence electrons. The van der Waals surface area contributed by atoms with Crippen molar-refractivity contribution in [2.45, 2.75) is 62.4 Å². The van der Waals surface area contributed by atoms with Crippen molar-refractivity contribution in [3.05, 3.63) is 47.5 Å². The minimum atomic E-state index is -0.914. The summed E-state index contributed by atoms with van der Waals surface area (Å²) in [5.41, 5.74) is 0.0288. The second-order valence-electron chi connectivity index (χ2n) is 13.1. The maximum Gasteiger partial charge on any atom is 0.319 e. The van der Waals surface area contributed by atoms with Gasteiger partial charge in [-0.25, -0.2) is 13.2 Å². The van der Waals surface area contributed by atoms with Crippen molar-refractivity contribution >= 4 is 27.5 Å². The number of anilines is 1. The average molecular weight is 645 g/mol. The molecule has 0 N–H and O–H groups in total. The molecule has 0 radical (unpaired) electrons. The summed E-state index contributed by atoms with van der Waals surface area (Å²) in [5.74, 6) is 2.52. The number of likely N-dealkylation sites (N-methyl/N-ethyl adjacent to an activating group) is 1. The number of rotatable bonds is 7. The van der Waals surface area contributed by atoms with Crippen molar-refractivity contribution in [3.8, 4) is 41.0 Å². The molecule has 8 rings (SSSR count). The number of fused-ring (bicyclic) bond motifs is 3. The number of hydrogen-bond acceptors (Lipinski definition) is 8. The number of alkyl halides is 1. The molecule has 4 atom stereocenters. The lowest BCUT2D eigenvalue weighted by Crippen LogP contribution is -2.43. The van der Waals surface area contributed by atoms with E-state index in [1.54, 1.807) is 24.3 Å². The zero-order valence-electron chi connectivity index (χ0n) is 26.3. The molecule has 1 aliphatic carbocycles. The maximum atomic E-state index is 17.2. The Bertz CT molecular complexity index is 1950. The smallest absolute Gasteiger partial charge is 0.319 e. The van der Waals surface area contributed by atoms with Gasteiger partial charge in [0.05, 0.1) is 22.5 Å². The van der Waals surface area contributed by atoms with Crippen molar-refractivity contribution in [3.63, 3.8) is 0 Å². The van der Waals surface area contributed by atoms with Crippen LogP contribution in [-0.2, 0) is 4.74 Å². The van der Waals surface area contributed by atoms with Crippen LogP contribution in [0.5, 0.6) is 17.5 Å². The van der Waals surface area contributed by atoms with E-state index in [0.29, 0.717) is 52.0 Å². The molecule has 4 heterocycles. The third-order valence-electron chi connectivity index (χ3n) is 10.4. The van der Waals surface area contributed by atoms with Gasteiger partial charge in [-0.2, -0.15) is 9.97 Å². The molecule has 0 bridgehead atoms. The van der Waals surface area contributed by atoms with Crippen LogP contribution in [0.2, 0.25) is 0 Å². The van der Waals surface area contributed by atoms with Gasteiger partial charge in [0.2, 0.25) is 0 Å². The first-order valence-electron chi connectivity index (χ1n) is 16.1. The summed E-state index contributed by atoms with van der Waals surface area (Å²) >= 11 is 0. The normalized spacial score (nSPS) is 25.0. The van der Waals surface area contributed by atoms with E-state index in [1.807, 2.05) is 11.9 Å². The third kappa shape index (κ3) is 4.83. The fraction of sp³-hybridized carbons (Fsp3) is 0.444. The third-order valence-corrected chi connectivity index (χ3v) is 10.4. The Hall–Kier alpha value is -4.27. The molecule has 3 fully saturated rings. The Kier molecular flexibility index (Phi) is 7.33. The molecule has 4 aliphatic rings. The SMILES string of the molecule is C#Cc1c(F)ccc2cc(OCOC)cc(-c3cc4c5c(nc(OC[C@@]67CCCN6C[C@H](F)C7)nc5c3F)N(C)[C@@H]3CCC[C@@H]3O4)c12.